The second-order valence-electron chi connectivity index (χ2n) is 3.59. The van der Waals surface area contributed by atoms with Gasteiger partial charge in [0.25, 0.3) is 10.0 Å². The number of hydrogen-bond donors (Lipinski definition) is 1. The van der Waals surface area contributed by atoms with Crippen molar-refractivity contribution < 1.29 is 8.42 Å². The van der Waals surface area contributed by atoms with Gasteiger partial charge in [0, 0.05) is 30.6 Å². The molecule has 0 aliphatic rings. The molecule has 0 saturated carbocycles. The molecule has 5 nitrogen and oxygen atoms in total. The Morgan fingerprint density at radius 2 is 2.18 bits per heavy atom. The number of H-pyrrole nitrogens is 1. The average Bonchev–Trinajstić information content (AvgIpc) is 2.67. The first kappa shape index (κ1) is 14.8. The van der Waals surface area contributed by atoms with Crippen LogP contribution in [0.1, 0.15) is 11.3 Å². The molecule has 0 aliphatic heterocycles. The highest BCUT2D eigenvalue weighted by atomic mass is 35.5. The summed E-state index contributed by atoms with van der Waals surface area (Å²) in [6, 6.07) is 0. The average molecular weight is 298 g/mol. The number of aromatic nitrogens is 2. The molecule has 98 valence electrons. The van der Waals surface area contributed by atoms with E-state index in [9.17, 15) is 8.42 Å². The third-order valence-corrected chi connectivity index (χ3v) is 5.12. The zero-order valence-corrected chi connectivity index (χ0v) is 12.4. The maximum Gasteiger partial charge on any atom is 0.262 e. The van der Waals surface area contributed by atoms with Crippen LogP contribution in [0.4, 0.5) is 0 Å². The fourth-order valence-corrected chi connectivity index (χ4v) is 3.59. The van der Waals surface area contributed by atoms with Crippen LogP contribution in [0.25, 0.3) is 0 Å². The van der Waals surface area contributed by atoms with Crippen molar-refractivity contribution in [2.75, 3.05) is 25.6 Å². The number of alkyl halides is 1. The van der Waals surface area contributed by atoms with Crippen molar-refractivity contribution in [1.82, 2.24) is 14.5 Å². The first-order valence-corrected chi connectivity index (χ1v) is 8.37. The molecule has 0 atom stereocenters. The molecule has 0 fully saturated rings. The van der Waals surface area contributed by atoms with Gasteiger partial charge in [-0.3, -0.25) is 5.10 Å². The van der Waals surface area contributed by atoms with Crippen LogP contribution in [0.3, 0.4) is 0 Å². The molecule has 0 aliphatic carbocycles. The van der Waals surface area contributed by atoms with E-state index in [1.165, 1.54) is 4.31 Å². The van der Waals surface area contributed by atoms with Gasteiger partial charge in [-0.05, 0) is 13.2 Å². The monoisotopic (exact) mass is 297 g/mol. The van der Waals surface area contributed by atoms with Gasteiger partial charge in [0.05, 0.1) is 5.88 Å². The predicted octanol–water partition coefficient (Wildman–Crippen LogP) is 1.44. The second-order valence-corrected chi connectivity index (χ2v) is 6.80. The topological polar surface area (TPSA) is 66.1 Å². The Bertz CT molecular complexity index is 473. The van der Waals surface area contributed by atoms with Crippen molar-refractivity contribution >= 4 is 33.4 Å². The third kappa shape index (κ3) is 3.15. The van der Waals surface area contributed by atoms with E-state index in [1.807, 2.05) is 6.26 Å². The van der Waals surface area contributed by atoms with Crippen molar-refractivity contribution in [2.45, 2.75) is 17.8 Å². The Labute approximate surface area is 111 Å². The number of aromatic amines is 1. The summed E-state index contributed by atoms with van der Waals surface area (Å²) in [7, 11) is -1.99. The summed E-state index contributed by atoms with van der Waals surface area (Å²) in [5, 5.41) is 6.54. The Morgan fingerprint density at radius 1 is 1.53 bits per heavy atom. The SMILES string of the molecule is CSCCN(C)S(=O)(=O)c1n[nH]c(C)c1CCl. The number of nitrogens with zero attached hydrogens (tertiary/aromatic N) is 2. The number of thioether (sulfide) groups is 1. The molecule has 0 amide bonds. The van der Waals surface area contributed by atoms with Crippen LogP contribution in [-0.4, -0.2) is 48.5 Å². The Balaban J connectivity index is 3.04. The minimum absolute atomic E-state index is 0.0357. The Morgan fingerprint density at radius 3 is 2.71 bits per heavy atom. The normalized spacial score (nSPS) is 12.3. The van der Waals surface area contributed by atoms with Gasteiger partial charge in [0.2, 0.25) is 0 Å². The molecule has 0 aromatic carbocycles. The van der Waals surface area contributed by atoms with Gasteiger partial charge >= 0.3 is 0 Å². The molecule has 1 heterocycles. The van der Waals surface area contributed by atoms with Crippen molar-refractivity contribution in [1.29, 1.82) is 0 Å². The largest absolute Gasteiger partial charge is 0.281 e. The van der Waals surface area contributed by atoms with E-state index in [1.54, 1.807) is 25.7 Å². The van der Waals surface area contributed by atoms with E-state index < -0.39 is 10.0 Å². The highest BCUT2D eigenvalue weighted by Gasteiger charge is 2.27. The molecule has 0 saturated heterocycles. The van der Waals surface area contributed by atoms with Crippen molar-refractivity contribution in [3.63, 3.8) is 0 Å². The standard InChI is InChI=1S/C9H16ClN3O2S2/c1-7-8(6-10)9(12-11-7)17(14,15)13(2)4-5-16-3/h4-6H2,1-3H3,(H,11,12). The maximum atomic E-state index is 12.2. The first-order chi connectivity index (χ1) is 7.95. The number of halogens is 1. The molecule has 1 aromatic heterocycles. The van der Waals surface area contributed by atoms with E-state index in [2.05, 4.69) is 10.2 Å². The van der Waals surface area contributed by atoms with Crippen LogP contribution < -0.4 is 0 Å². The molecule has 0 spiro atoms. The molecule has 0 radical (unpaired) electrons. The summed E-state index contributed by atoms with van der Waals surface area (Å²) in [5.41, 5.74) is 1.24. The van der Waals surface area contributed by atoms with Gasteiger partial charge in [-0.1, -0.05) is 0 Å². The Kier molecular flexibility index (Phi) is 5.30. The minimum atomic E-state index is -3.54. The molecule has 0 unspecified atom stereocenters. The van der Waals surface area contributed by atoms with E-state index >= 15 is 0 Å². The van der Waals surface area contributed by atoms with Crippen molar-refractivity contribution in [2.24, 2.45) is 0 Å². The lowest BCUT2D eigenvalue weighted by molar-refractivity contribution is 0.484. The van der Waals surface area contributed by atoms with Crippen LogP contribution in [0.5, 0.6) is 0 Å². The lowest BCUT2D eigenvalue weighted by Gasteiger charge is -2.15. The van der Waals surface area contributed by atoms with Gasteiger partial charge in [0.15, 0.2) is 5.03 Å². The summed E-state index contributed by atoms with van der Waals surface area (Å²) < 4.78 is 25.7. The molecule has 1 aromatic rings. The van der Waals surface area contributed by atoms with Gasteiger partial charge in [0.1, 0.15) is 0 Å². The van der Waals surface area contributed by atoms with E-state index in [-0.39, 0.29) is 10.9 Å². The van der Waals surface area contributed by atoms with E-state index in [0.29, 0.717) is 17.8 Å². The zero-order valence-electron chi connectivity index (χ0n) is 10.0. The number of hydrogen-bond acceptors (Lipinski definition) is 4. The quantitative estimate of drug-likeness (QED) is 0.807. The van der Waals surface area contributed by atoms with Crippen LogP contribution in [0.15, 0.2) is 5.03 Å². The zero-order chi connectivity index (χ0) is 13.1. The number of nitrogens with one attached hydrogen (secondary N) is 1. The maximum absolute atomic E-state index is 12.2. The lowest BCUT2D eigenvalue weighted by Crippen LogP contribution is -2.30. The highest BCUT2D eigenvalue weighted by molar-refractivity contribution is 7.98. The van der Waals surface area contributed by atoms with Gasteiger partial charge in [-0.2, -0.15) is 21.2 Å². The summed E-state index contributed by atoms with van der Waals surface area (Å²) in [6.45, 7) is 2.21. The minimum Gasteiger partial charge on any atom is -0.281 e. The fourth-order valence-electron chi connectivity index (χ4n) is 1.29. The molecular weight excluding hydrogens is 282 g/mol. The predicted molar refractivity (Wildman–Crippen MR) is 71.1 cm³/mol. The van der Waals surface area contributed by atoms with Crippen LogP contribution in [0, 0.1) is 6.92 Å². The smallest absolute Gasteiger partial charge is 0.262 e. The molecule has 1 rings (SSSR count). The van der Waals surface area contributed by atoms with Crippen LogP contribution in [-0.2, 0) is 15.9 Å². The number of aryl methyl sites for hydroxylation is 1. The molecular formula is C9H16ClN3O2S2. The third-order valence-electron chi connectivity index (χ3n) is 2.43. The van der Waals surface area contributed by atoms with E-state index in [0.717, 1.165) is 5.75 Å². The summed E-state index contributed by atoms with van der Waals surface area (Å²) in [5.74, 6) is 0.878. The fraction of sp³-hybridized carbons (Fsp3) is 0.667. The lowest BCUT2D eigenvalue weighted by atomic mass is 10.3. The highest BCUT2D eigenvalue weighted by Crippen LogP contribution is 2.21. The molecule has 17 heavy (non-hydrogen) atoms. The number of rotatable bonds is 6. The summed E-state index contributed by atoms with van der Waals surface area (Å²) in [4.78, 5) is 0. The van der Waals surface area contributed by atoms with Gasteiger partial charge in [-0.15, -0.1) is 11.6 Å². The van der Waals surface area contributed by atoms with Crippen LogP contribution in [0.2, 0.25) is 0 Å². The van der Waals surface area contributed by atoms with Crippen molar-refractivity contribution in [3.8, 4) is 0 Å². The van der Waals surface area contributed by atoms with Gasteiger partial charge < -0.3 is 0 Å². The van der Waals surface area contributed by atoms with Crippen LogP contribution >= 0.6 is 23.4 Å². The Hall–Kier alpha value is -0.240. The van der Waals surface area contributed by atoms with Crippen molar-refractivity contribution in [3.05, 3.63) is 11.3 Å². The van der Waals surface area contributed by atoms with Gasteiger partial charge in [-0.25, -0.2) is 8.42 Å². The molecule has 8 heteroatoms. The molecule has 0 bridgehead atoms. The summed E-state index contributed by atoms with van der Waals surface area (Å²) in [6.07, 6.45) is 1.93. The second kappa shape index (κ2) is 6.08. The summed E-state index contributed by atoms with van der Waals surface area (Å²) >= 11 is 7.34. The van der Waals surface area contributed by atoms with E-state index in [4.69, 9.17) is 11.6 Å². The first-order valence-electron chi connectivity index (χ1n) is 5.00. The number of sulfonamides is 1. The molecule has 1 N–H and O–H groups in total.